The maximum Gasteiger partial charge on any atom is 0.110 e. The molecule has 0 saturated carbocycles. The molecule has 2 aliphatic rings. The lowest BCUT2D eigenvalue weighted by Gasteiger charge is -2.44. The Hall–Kier alpha value is -1.48. The molecule has 1 aromatic rings. The second kappa shape index (κ2) is 4.32. The Bertz CT molecular complexity index is 485. The summed E-state index contributed by atoms with van der Waals surface area (Å²) in [6.07, 6.45) is 2.73. The molecule has 5 heteroatoms. The van der Waals surface area contributed by atoms with Crippen LogP contribution in [0, 0.1) is 11.3 Å². The average molecular weight is 245 g/mol. The molecule has 0 spiro atoms. The summed E-state index contributed by atoms with van der Waals surface area (Å²) in [7, 11) is 0. The highest BCUT2D eigenvalue weighted by molar-refractivity contribution is 5.31. The molecule has 0 amide bonds. The number of fused-ring (bicyclic) bond motifs is 2. The van der Waals surface area contributed by atoms with E-state index in [1.165, 1.54) is 0 Å². The van der Waals surface area contributed by atoms with Crippen LogP contribution in [0.4, 0.5) is 0 Å². The van der Waals surface area contributed by atoms with Gasteiger partial charge in [0.05, 0.1) is 30.5 Å². The van der Waals surface area contributed by atoms with Gasteiger partial charge in [0.1, 0.15) is 5.60 Å². The molecule has 2 N–H and O–H groups in total. The molecule has 0 aromatic carbocycles. The standard InChI is InChI=1S/C13H15N3O2/c14-6-9-1-2-15-12(3-9)13(17)4-10-7-18-8-11(5-13)16-10/h1-3,10-11,16-17H,4-5,7-8H2. The second-order valence-electron chi connectivity index (χ2n) is 5.08. The Labute approximate surface area is 105 Å². The Morgan fingerprint density at radius 3 is 2.83 bits per heavy atom. The van der Waals surface area contributed by atoms with Gasteiger partial charge in [0.25, 0.3) is 0 Å². The fourth-order valence-electron chi connectivity index (χ4n) is 2.88. The van der Waals surface area contributed by atoms with Gasteiger partial charge >= 0.3 is 0 Å². The van der Waals surface area contributed by atoms with E-state index in [-0.39, 0.29) is 12.1 Å². The first kappa shape index (κ1) is 11.6. The topological polar surface area (TPSA) is 78.2 Å². The Kier molecular flexibility index (Phi) is 2.78. The molecule has 1 aromatic heterocycles. The van der Waals surface area contributed by atoms with Gasteiger partial charge in [-0.15, -0.1) is 0 Å². The highest BCUT2D eigenvalue weighted by Gasteiger charge is 2.43. The molecule has 0 aliphatic carbocycles. The number of ether oxygens (including phenoxy) is 1. The number of nitrogens with one attached hydrogen (secondary N) is 1. The van der Waals surface area contributed by atoms with Crippen molar-refractivity contribution in [2.75, 3.05) is 13.2 Å². The maximum absolute atomic E-state index is 10.8. The minimum Gasteiger partial charge on any atom is -0.383 e. The number of pyridine rings is 1. The number of morpholine rings is 1. The van der Waals surface area contributed by atoms with Crippen molar-refractivity contribution in [3.8, 4) is 6.07 Å². The van der Waals surface area contributed by atoms with Crippen molar-refractivity contribution in [2.45, 2.75) is 30.5 Å². The summed E-state index contributed by atoms with van der Waals surface area (Å²) in [6.45, 7) is 1.24. The van der Waals surface area contributed by atoms with Crippen molar-refractivity contribution in [1.29, 1.82) is 5.26 Å². The third-order valence-electron chi connectivity index (χ3n) is 3.64. The van der Waals surface area contributed by atoms with Crippen LogP contribution >= 0.6 is 0 Å². The van der Waals surface area contributed by atoms with Gasteiger partial charge in [-0.2, -0.15) is 5.26 Å². The number of aromatic nitrogens is 1. The Balaban J connectivity index is 1.92. The van der Waals surface area contributed by atoms with Crippen LogP contribution in [-0.2, 0) is 10.3 Å². The first-order valence-electron chi connectivity index (χ1n) is 6.12. The molecule has 3 heterocycles. The van der Waals surface area contributed by atoms with E-state index in [0.29, 0.717) is 37.3 Å². The molecule has 2 aliphatic heterocycles. The lowest BCUT2D eigenvalue weighted by Crippen LogP contribution is -2.58. The lowest BCUT2D eigenvalue weighted by atomic mass is 9.80. The molecule has 94 valence electrons. The molecule has 5 nitrogen and oxygen atoms in total. The van der Waals surface area contributed by atoms with Gasteiger partial charge in [0.15, 0.2) is 0 Å². The van der Waals surface area contributed by atoms with E-state index in [0.717, 1.165) is 0 Å². The molecule has 18 heavy (non-hydrogen) atoms. The summed E-state index contributed by atoms with van der Waals surface area (Å²) in [5.41, 5.74) is 0.186. The predicted octanol–water partition coefficient (Wildman–Crippen LogP) is 0.292. The smallest absolute Gasteiger partial charge is 0.110 e. The van der Waals surface area contributed by atoms with Gasteiger partial charge in [-0.05, 0) is 25.0 Å². The molecule has 2 saturated heterocycles. The minimum absolute atomic E-state index is 0.162. The molecule has 2 bridgehead atoms. The zero-order valence-corrected chi connectivity index (χ0v) is 9.97. The number of nitriles is 1. The zero-order valence-electron chi connectivity index (χ0n) is 9.97. The monoisotopic (exact) mass is 245 g/mol. The van der Waals surface area contributed by atoms with Crippen molar-refractivity contribution in [3.63, 3.8) is 0 Å². The van der Waals surface area contributed by atoms with Crippen LogP contribution in [0.25, 0.3) is 0 Å². The maximum atomic E-state index is 10.8. The summed E-state index contributed by atoms with van der Waals surface area (Å²) in [5.74, 6) is 0. The van der Waals surface area contributed by atoms with Crippen LogP contribution < -0.4 is 5.32 Å². The summed E-state index contributed by atoms with van der Waals surface area (Å²) in [5, 5.41) is 23.1. The normalized spacial score (nSPS) is 34.9. The number of aliphatic hydroxyl groups is 1. The number of rotatable bonds is 1. The second-order valence-corrected chi connectivity index (χ2v) is 5.08. The van der Waals surface area contributed by atoms with E-state index < -0.39 is 5.60 Å². The van der Waals surface area contributed by atoms with Crippen molar-refractivity contribution in [1.82, 2.24) is 10.3 Å². The molecule has 2 unspecified atom stereocenters. The van der Waals surface area contributed by atoms with Crippen LogP contribution in [-0.4, -0.2) is 35.4 Å². The molecule has 2 atom stereocenters. The van der Waals surface area contributed by atoms with Gasteiger partial charge in [-0.1, -0.05) is 0 Å². The van der Waals surface area contributed by atoms with E-state index >= 15 is 0 Å². The van der Waals surface area contributed by atoms with Crippen molar-refractivity contribution >= 4 is 0 Å². The van der Waals surface area contributed by atoms with Crippen molar-refractivity contribution in [2.24, 2.45) is 0 Å². The molecule has 3 rings (SSSR count). The van der Waals surface area contributed by atoms with Crippen molar-refractivity contribution in [3.05, 3.63) is 29.6 Å². The van der Waals surface area contributed by atoms with E-state index in [9.17, 15) is 5.11 Å². The highest BCUT2D eigenvalue weighted by Crippen LogP contribution is 2.35. The number of hydrogen-bond donors (Lipinski definition) is 2. The van der Waals surface area contributed by atoms with E-state index in [2.05, 4.69) is 16.4 Å². The minimum atomic E-state index is -0.947. The first-order valence-corrected chi connectivity index (χ1v) is 6.12. The van der Waals surface area contributed by atoms with Crippen molar-refractivity contribution < 1.29 is 9.84 Å². The number of nitrogens with zero attached hydrogens (tertiary/aromatic N) is 2. The highest BCUT2D eigenvalue weighted by atomic mass is 16.5. The largest absolute Gasteiger partial charge is 0.383 e. The molecular formula is C13H15N3O2. The van der Waals surface area contributed by atoms with Crippen LogP contribution in [0.5, 0.6) is 0 Å². The summed E-state index contributed by atoms with van der Waals surface area (Å²) < 4.78 is 5.46. The fraction of sp³-hybridized carbons (Fsp3) is 0.538. The third-order valence-corrected chi connectivity index (χ3v) is 3.64. The van der Waals surface area contributed by atoms with E-state index in [4.69, 9.17) is 10.00 Å². The molecule has 0 radical (unpaired) electrons. The van der Waals surface area contributed by atoms with Gasteiger partial charge in [-0.3, -0.25) is 4.98 Å². The molecule has 2 fully saturated rings. The average Bonchev–Trinajstić information content (AvgIpc) is 2.38. The predicted molar refractivity (Wildman–Crippen MR) is 63.6 cm³/mol. The van der Waals surface area contributed by atoms with Crippen LogP contribution in [0.3, 0.4) is 0 Å². The number of piperidine rings is 1. The first-order chi connectivity index (χ1) is 8.69. The zero-order chi connectivity index (χ0) is 12.6. The lowest BCUT2D eigenvalue weighted by molar-refractivity contribution is -0.0824. The van der Waals surface area contributed by atoms with Crippen LogP contribution in [0.15, 0.2) is 18.3 Å². The Morgan fingerprint density at radius 1 is 1.44 bits per heavy atom. The van der Waals surface area contributed by atoms with Gasteiger partial charge in [0, 0.05) is 18.3 Å². The van der Waals surface area contributed by atoms with E-state index in [1.54, 1.807) is 18.3 Å². The quantitative estimate of drug-likeness (QED) is 0.743. The Morgan fingerprint density at radius 2 is 2.17 bits per heavy atom. The summed E-state index contributed by atoms with van der Waals surface area (Å²) in [6, 6.07) is 5.74. The van der Waals surface area contributed by atoms with Crippen LogP contribution in [0.2, 0.25) is 0 Å². The van der Waals surface area contributed by atoms with Crippen LogP contribution in [0.1, 0.15) is 24.1 Å². The summed E-state index contributed by atoms with van der Waals surface area (Å²) >= 11 is 0. The fourth-order valence-corrected chi connectivity index (χ4v) is 2.88. The van der Waals surface area contributed by atoms with E-state index in [1.807, 2.05) is 0 Å². The molecular weight excluding hydrogens is 230 g/mol. The van der Waals surface area contributed by atoms with Gasteiger partial charge in [-0.25, -0.2) is 0 Å². The number of hydrogen-bond acceptors (Lipinski definition) is 5. The van der Waals surface area contributed by atoms with Gasteiger partial charge < -0.3 is 15.2 Å². The summed E-state index contributed by atoms with van der Waals surface area (Å²) in [4.78, 5) is 4.24. The SMILES string of the molecule is N#Cc1ccnc(C2(O)CC3COCC(C2)N3)c1. The third kappa shape index (κ3) is 1.99. The van der Waals surface area contributed by atoms with Gasteiger partial charge in [0.2, 0.25) is 0 Å².